The predicted octanol–water partition coefficient (Wildman–Crippen LogP) is 4.27. The average Bonchev–Trinajstić information content (AvgIpc) is 3.42. The zero-order chi connectivity index (χ0) is 19.6. The number of benzene rings is 2. The number of H-pyrrole nitrogens is 2. The molecule has 0 aliphatic heterocycles. The average molecular weight is 380 g/mol. The van der Waals surface area contributed by atoms with Gasteiger partial charge in [-0.25, -0.2) is 0 Å². The largest absolute Gasteiger partial charge is 0.321 e. The minimum Gasteiger partial charge on any atom is -0.321 e. The monoisotopic (exact) mass is 380 g/mol. The molecule has 5 aromatic rings. The number of fused-ring (bicyclic) bond motifs is 1. The Morgan fingerprint density at radius 2 is 1.79 bits per heavy atom. The van der Waals surface area contributed by atoms with Crippen LogP contribution in [0.1, 0.15) is 10.5 Å². The normalized spacial score (nSPS) is 10.9. The van der Waals surface area contributed by atoms with E-state index in [0.717, 1.165) is 39.1 Å². The van der Waals surface area contributed by atoms with Gasteiger partial charge in [-0.2, -0.15) is 10.2 Å². The molecule has 2 aromatic carbocycles. The minimum absolute atomic E-state index is 0.267. The van der Waals surface area contributed by atoms with Gasteiger partial charge in [0, 0.05) is 29.0 Å². The van der Waals surface area contributed by atoms with E-state index >= 15 is 0 Å². The number of amides is 1. The Labute approximate surface area is 165 Å². The lowest BCUT2D eigenvalue weighted by Crippen LogP contribution is -2.12. The van der Waals surface area contributed by atoms with Crippen LogP contribution in [0.5, 0.6) is 0 Å². The predicted molar refractivity (Wildman–Crippen MR) is 111 cm³/mol. The number of aromatic nitrogens is 5. The first-order chi connectivity index (χ1) is 14.3. The second-order valence-corrected chi connectivity index (χ2v) is 6.52. The molecule has 0 aliphatic carbocycles. The van der Waals surface area contributed by atoms with Gasteiger partial charge in [0.05, 0.1) is 11.2 Å². The molecule has 0 aliphatic rings. The molecular formula is C22H16N6O. The minimum atomic E-state index is -0.267. The van der Waals surface area contributed by atoms with Gasteiger partial charge >= 0.3 is 0 Å². The van der Waals surface area contributed by atoms with Crippen LogP contribution in [0.2, 0.25) is 0 Å². The molecule has 0 bridgehead atoms. The summed E-state index contributed by atoms with van der Waals surface area (Å²) < 4.78 is 0. The maximum absolute atomic E-state index is 12.8. The fourth-order valence-electron chi connectivity index (χ4n) is 3.27. The number of aromatic amines is 2. The quantitative estimate of drug-likeness (QED) is 0.434. The van der Waals surface area contributed by atoms with Crippen molar-refractivity contribution in [3.8, 4) is 22.5 Å². The highest BCUT2D eigenvalue weighted by Crippen LogP contribution is 2.31. The topological polar surface area (TPSA) is 99.3 Å². The van der Waals surface area contributed by atoms with Crippen LogP contribution in [0.3, 0.4) is 0 Å². The molecular weight excluding hydrogens is 364 g/mol. The lowest BCUT2D eigenvalue weighted by atomic mass is 10.0. The van der Waals surface area contributed by atoms with Crippen LogP contribution in [0.15, 0.2) is 79.1 Å². The summed E-state index contributed by atoms with van der Waals surface area (Å²) in [5, 5.41) is 18.0. The maximum Gasteiger partial charge on any atom is 0.276 e. The SMILES string of the molecule is O=C(Nc1ccccc1)c1n[nH]c2ccc(-c3c[nH]nc3-c3ccccn3)cc12. The number of nitrogens with one attached hydrogen (secondary N) is 3. The lowest BCUT2D eigenvalue weighted by Gasteiger charge is -2.05. The van der Waals surface area contributed by atoms with Gasteiger partial charge in [0.2, 0.25) is 0 Å². The molecule has 7 nitrogen and oxygen atoms in total. The summed E-state index contributed by atoms with van der Waals surface area (Å²) >= 11 is 0. The Morgan fingerprint density at radius 1 is 0.931 bits per heavy atom. The van der Waals surface area contributed by atoms with Crippen molar-refractivity contribution in [3.63, 3.8) is 0 Å². The Morgan fingerprint density at radius 3 is 2.62 bits per heavy atom. The zero-order valence-corrected chi connectivity index (χ0v) is 15.3. The first-order valence-corrected chi connectivity index (χ1v) is 9.10. The van der Waals surface area contributed by atoms with E-state index in [9.17, 15) is 4.79 Å². The molecule has 0 spiro atoms. The first-order valence-electron chi connectivity index (χ1n) is 9.10. The molecule has 3 aromatic heterocycles. The van der Waals surface area contributed by atoms with Gasteiger partial charge in [-0.3, -0.25) is 20.0 Å². The molecule has 1 amide bonds. The summed E-state index contributed by atoms with van der Waals surface area (Å²) in [7, 11) is 0. The zero-order valence-electron chi connectivity index (χ0n) is 15.3. The Kier molecular flexibility index (Phi) is 4.10. The highest BCUT2D eigenvalue weighted by Gasteiger charge is 2.17. The van der Waals surface area contributed by atoms with Gasteiger partial charge in [0.25, 0.3) is 5.91 Å². The van der Waals surface area contributed by atoms with E-state index in [4.69, 9.17) is 0 Å². The maximum atomic E-state index is 12.8. The molecule has 140 valence electrons. The molecule has 3 N–H and O–H groups in total. The molecule has 0 fully saturated rings. The van der Waals surface area contributed by atoms with Crippen molar-refractivity contribution >= 4 is 22.5 Å². The summed E-state index contributed by atoms with van der Waals surface area (Å²) in [6, 6.07) is 20.8. The van der Waals surface area contributed by atoms with Gasteiger partial charge in [-0.05, 0) is 42.0 Å². The van der Waals surface area contributed by atoms with Crippen molar-refractivity contribution < 1.29 is 4.79 Å². The number of nitrogens with zero attached hydrogens (tertiary/aromatic N) is 3. The third kappa shape index (κ3) is 3.14. The Balaban J connectivity index is 1.54. The van der Waals surface area contributed by atoms with Gasteiger partial charge in [0.1, 0.15) is 5.69 Å². The highest BCUT2D eigenvalue weighted by molar-refractivity contribution is 6.11. The second kappa shape index (κ2) is 7.05. The number of carbonyl (C=O) groups is 1. The van der Waals surface area contributed by atoms with Crippen LogP contribution >= 0.6 is 0 Å². The molecule has 0 radical (unpaired) electrons. The van der Waals surface area contributed by atoms with Crippen molar-refractivity contribution in [2.45, 2.75) is 0 Å². The third-order valence-corrected chi connectivity index (χ3v) is 4.67. The van der Waals surface area contributed by atoms with Crippen molar-refractivity contribution in [2.24, 2.45) is 0 Å². The van der Waals surface area contributed by atoms with E-state index in [1.54, 1.807) is 6.20 Å². The van der Waals surface area contributed by atoms with Crippen molar-refractivity contribution in [2.75, 3.05) is 5.32 Å². The fraction of sp³-hybridized carbons (Fsp3) is 0. The van der Waals surface area contributed by atoms with Gasteiger partial charge in [-0.1, -0.05) is 30.3 Å². The highest BCUT2D eigenvalue weighted by atomic mass is 16.1. The van der Waals surface area contributed by atoms with E-state index in [1.807, 2.05) is 72.9 Å². The number of hydrogen-bond acceptors (Lipinski definition) is 4. The number of rotatable bonds is 4. The number of pyridine rings is 1. The molecule has 0 atom stereocenters. The lowest BCUT2D eigenvalue weighted by molar-refractivity contribution is 0.102. The number of para-hydroxylation sites is 1. The van der Waals surface area contributed by atoms with E-state index in [-0.39, 0.29) is 5.91 Å². The summed E-state index contributed by atoms with van der Waals surface area (Å²) in [5.74, 6) is -0.267. The van der Waals surface area contributed by atoms with Crippen LogP contribution in [-0.2, 0) is 0 Å². The third-order valence-electron chi connectivity index (χ3n) is 4.67. The van der Waals surface area contributed by atoms with Gasteiger partial charge < -0.3 is 5.32 Å². The van der Waals surface area contributed by atoms with Crippen LogP contribution in [0, 0.1) is 0 Å². The van der Waals surface area contributed by atoms with Crippen molar-refractivity contribution in [1.29, 1.82) is 0 Å². The molecule has 5 rings (SSSR count). The first kappa shape index (κ1) is 16.9. The molecule has 0 saturated heterocycles. The summed E-state index contributed by atoms with van der Waals surface area (Å²) in [4.78, 5) is 17.1. The Hall–Kier alpha value is -4.26. The van der Waals surface area contributed by atoms with Gasteiger partial charge in [0.15, 0.2) is 5.69 Å². The van der Waals surface area contributed by atoms with E-state index in [0.29, 0.717) is 5.69 Å². The Bertz CT molecular complexity index is 1290. The van der Waals surface area contributed by atoms with Crippen LogP contribution < -0.4 is 5.32 Å². The molecule has 0 saturated carbocycles. The van der Waals surface area contributed by atoms with E-state index < -0.39 is 0 Å². The second-order valence-electron chi connectivity index (χ2n) is 6.52. The van der Waals surface area contributed by atoms with Crippen LogP contribution in [-0.4, -0.2) is 31.3 Å². The fourth-order valence-corrected chi connectivity index (χ4v) is 3.27. The van der Waals surface area contributed by atoms with Crippen LogP contribution in [0.4, 0.5) is 5.69 Å². The van der Waals surface area contributed by atoms with E-state index in [2.05, 4.69) is 30.7 Å². The molecule has 0 unspecified atom stereocenters. The smallest absolute Gasteiger partial charge is 0.276 e. The van der Waals surface area contributed by atoms with Gasteiger partial charge in [-0.15, -0.1) is 0 Å². The summed E-state index contributed by atoms with van der Waals surface area (Å²) in [5.41, 5.74) is 5.20. The molecule has 7 heteroatoms. The number of anilines is 1. The summed E-state index contributed by atoms with van der Waals surface area (Å²) in [6.07, 6.45) is 3.56. The van der Waals surface area contributed by atoms with Crippen LogP contribution in [0.25, 0.3) is 33.4 Å². The number of carbonyl (C=O) groups excluding carboxylic acids is 1. The standard InChI is InChI=1S/C22H16N6O/c29-22(25-15-6-2-1-3-7-15)21-16-12-14(9-10-18(16)26-28-21)17-13-24-27-20(17)19-8-4-5-11-23-19/h1-13H,(H,24,27)(H,25,29)(H,26,28). The van der Waals surface area contributed by atoms with Crippen molar-refractivity contribution in [1.82, 2.24) is 25.4 Å². The number of hydrogen-bond donors (Lipinski definition) is 3. The van der Waals surface area contributed by atoms with Crippen molar-refractivity contribution in [3.05, 3.63) is 84.8 Å². The summed E-state index contributed by atoms with van der Waals surface area (Å²) in [6.45, 7) is 0. The van der Waals surface area contributed by atoms with E-state index in [1.165, 1.54) is 0 Å². The molecule has 29 heavy (non-hydrogen) atoms. The molecule has 3 heterocycles.